The second-order valence-electron chi connectivity index (χ2n) is 6.01. The number of carbonyl (C=O) groups is 1. The van der Waals surface area contributed by atoms with E-state index in [0.29, 0.717) is 12.0 Å². The molecule has 22 heavy (non-hydrogen) atoms. The van der Waals surface area contributed by atoms with Crippen molar-refractivity contribution in [2.75, 3.05) is 24.5 Å². The largest absolute Gasteiger partial charge is 0.316 e. The number of hydrogen-bond donors (Lipinski definition) is 3. The Morgan fingerprint density at radius 2 is 2.18 bits per heavy atom. The Kier molecular flexibility index (Phi) is 4.61. The molecule has 0 aromatic heterocycles. The number of amides is 1. The van der Waals surface area contributed by atoms with Gasteiger partial charge in [0.1, 0.15) is 6.04 Å². The predicted octanol–water partition coefficient (Wildman–Crippen LogP) is 1.11. The zero-order valence-electron chi connectivity index (χ0n) is 12.1. The quantitative estimate of drug-likeness (QED) is 0.715. The fourth-order valence-corrected chi connectivity index (χ4v) is 4.01. The number of hydrazine groups is 1. The average molecular weight is 343 g/mol. The van der Waals surface area contributed by atoms with Crippen molar-refractivity contribution in [2.24, 2.45) is 5.92 Å². The second kappa shape index (κ2) is 6.34. The van der Waals surface area contributed by atoms with Crippen LogP contribution in [0.1, 0.15) is 12.0 Å². The Bertz CT molecular complexity index is 583. The van der Waals surface area contributed by atoms with Gasteiger partial charge in [0.15, 0.2) is 0 Å². The molecule has 0 saturated carbocycles. The van der Waals surface area contributed by atoms with Crippen LogP contribution in [0, 0.1) is 5.92 Å². The molecule has 3 N–H and O–H groups in total. The van der Waals surface area contributed by atoms with Gasteiger partial charge in [-0.1, -0.05) is 17.7 Å². The smallest absolute Gasteiger partial charge is 0.245 e. The Morgan fingerprint density at radius 1 is 1.32 bits per heavy atom. The highest BCUT2D eigenvalue weighted by molar-refractivity contribution is 6.32. The lowest BCUT2D eigenvalue weighted by molar-refractivity contribution is -0.121. The van der Waals surface area contributed by atoms with E-state index in [1.165, 1.54) is 0 Å². The van der Waals surface area contributed by atoms with Gasteiger partial charge in [-0.25, -0.2) is 5.43 Å². The van der Waals surface area contributed by atoms with Gasteiger partial charge in [0.05, 0.1) is 0 Å². The van der Waals surface area contributed by atoms with E-state index in [2.05, 4.69) is 16.2 Å². The first-order valence-corrected chi connectivity index (χ1v) is 7.94. The highest BCUT2D eigenvalue weighted by Crippen LogP contribution is 2.34. The number of carbonyl (C=O) groups excluding carboxylic acids is 1. The first kappa shape index (κ1) is 16.0. The summed E-state index contributed by atoms with van der Waals surface area (Å²) in [6.07, 6.45) is 1.90. The summed E-state index contributed by atoms with van der Waals surface area (Å²) < 4.78 is 0. The lowest BCUT2D eigenvalue weighted by Gasteiger charge is -2.29. The van der Waals surface area contributed by atoms with Crippen LogP contribution >= 0.6 is 24.0 Å². The first-order chi connectivity index (χ1) is 10.3. The Labute approximate surface area is 141 Å². The molecule has 0 radical (unpaired) electrons. The number of nitrogens with zero attached hydrogens (tertiary/aromatic N) is 1. The van der Waals surface area contributed by atoms with E-state index in [1.54, 1.807) is 0 Å². The summed E-state index contributed by atoms with van der Waals surface area (Å²) in [5.74, 6) is 0.467. The molecule has 2 fully saturated rings. The molecule has 2 saturated heterocycles. The number of fused-ring (bicyclic) bond motifs is 2. The Balaban J connectivity index is 0.00000144. The summed E-state index contributed by atoms with van der Waals surface area (Å²) in [5.41, 5.74) is 8.56. The zero-order chi connectivity index (χ0) is 14.4. The van der Waals surface area contributed by atoms with Crippen molar-refractivity contribution in [1.82, 2.24) is 16.2 Å². The molecule has 3 heterocycles. The predicted molar refractivity (Wildman–Crippen MR) is 89.6 cm³/mol. The molecule has 3 aliphatic heterocycles. The van der Waals surface area contributed by atoms with Crippen molar-refractivity contribution in [3.8, 4) is 0 Å². The summed E-state index contributed by atoms with van der Waals surface area (Å²) in [6, 6.07) is 6.03. The highest BCUT2D eigenvalue weighted by atomic mass is 35.5. The van der Waals surface area contributed by atoms with Gasteiger partial charge < -0.3 is 10.2 Å². The van der Waals surface area contributed by atoms with Crippen LogP contribution in [0.5, 0.6) is 0 Å². The average Bonchev–Trinajstić information content (AvgIpc) is 3.11. The van der Waals surface area contributed by atoms with Gasteiger partial charge in [-0.05, 0) is 37.1 Å². The van der Waals surface area contributed by atoms with E-state index in [1.807, 2.05) is 23.1 Å². The van der Waals surface area contributed by atoms with Gasteiger partial charge in [-0.15, -0.1) is 12.4 Å². The summed E-state index contributed by atoms with van der Waals surface area (Å²) in [4.78, 5) is 14.8. The Morgan fingerprint density at radius 3 is 3.05 bits per heavy atom. The third-order valence-electron chi connectivity index (χ3n) is 4.88. The molecular weight excluding hydrogens is 323 g/mol. The van der Waals surface area contributed by atoms with Crippen LogP contribution in [0.15, 0.2) is 18.2 Å². The molecule has 0 spiro atoms. The molecular formula is C15H20Cl2N4O. The molecule has 1 amide bonds. The van der Waals surface area contributed by atoms with E-state index in [-0.39, 0.29) is 24.4 Å². The minimum atomic E-state index is -0.160. The van der Waals surface area contributed by atoms with Crippen LogP contribution in [0.3, 0.4) is 0 Å². The van der Waals surface area contributed by atoms with E-state index in [0.717, 1.165) is 48.7 Å². The van der Waals surface area contributed by atoms with Crippen molar-refractivity contribution in [3.63, 3.8) is 0 Å². The van der Waals surface area contributed by atoms with Gasteiger partial charge >= 0.3 is 0 Å². The maximum Gasteiger partial charge on any atom is 0.245 e. The van der Waals surface area contributed by atoms with Crippen LogP contribution in [0.25, 0.3) is 0 Å². The molecule has 4 rings (SSSR count). The van der Waals surface area contributed by atoms with Crippen LogP contribution < -0.4 is 21.1 Å². The van der Waals surface area contributed by atoms with Crippen molar-refractivity contribution < 1.29 is 4.79 Å². The molecule has 3 aliphatic rings. The number of hydrogen-bond acceptors (Lipinski definition) is 4. The normalized spacial score (nSPS) is 29.7. The highest BCUT2D eigenvalue weighted by Gasteiger charge is 2.43. The monoisotopic (exact) mass is 342 g/mol. The molecule has 5 nitrogen and oxygen atoms in total. The lowest BCUT2D eigenvalue weighted by Crippen LogP contribution is -2.50. The molecule has 1 aromatic rings. The first-order valence-electron chi connectivity index (χ1n) is 7.56. The third-order valence-corrected chi connectivity index (χ3v) is 5.24. The van der Waals surface area contributed by atoms with E-state index in [9.17, 15) is 4.79 Å². The number of piperidine rings is 1. The van der Waals surface area contributed by atoms with Crippen LogP contribution in [-0.2, 0) is 11.2 Å². The minimum Gasteiger partial charge on any atom is -0.316 e. The lowest BCUT2D eigenvalue weighted by atomic mass is 9.89. The molecule has 3 unspecified atom stereocenters. The van der Waals surface area contributed by atoms with Gasteiger partial charge in [0.2, 0.25) is 5.91 Å². The van der Waals surface area contributed by atoms with Gasteiger partial charge in [0.25, 0.3) is 0 Å². The number of anilines is 1. The van der Waals surface area contributed by atoms with Gasteiger partial charge in [0, 0.05) is 35.8 Å². The third kappa shape index (κ3) is 2.51. The molecule has 0 aliphatic carbocycles. The number of rotatable bonds is 1. The van der Waals surface area contributed by atoms with E-state index >= 15 is 0 Å². The number of benzene rings is 1. The molecule has 7 heteroatoms. The molecule has 1 aromatic carbocycles. The molecule has 120 valence electrons. The number of halogens is 2. The SMILES string of the molecule is Cl.O=C(C1NNC2CCNCC21)N1CCc2c(Cl)cccc21. The standard InChI is InChI=1S/C15H19ClN4O.ClH/c16-11-2-1-3-13-9(11)5-7-20(13)15(21)14-10-8-17-6-4-12(10)18-19-14;/h1-3,10,12,14,17-19H,4-8H2;1H. The van der Waals surface area contributed by atoms with Crippen molar-refractivity contribution in [1.29, 1.82) is 0 Å². The fraction of sp³-hybridized carbons (Fsp3) is 0.533. The Hall–Kier alpha value is -0.850. The van der Waals surface area contributed by atoms with Crippen molar-refractivity contribution in [2.45, 2.75) is 24.9 Å². The fourth-order valence-electron chi connectivity index (χ4n) is 3.75. The van der Waals surface area contributed by atoms with E-state index < -0.39 is 0 Å². The summed E-state index contributed by atoms with van der Waals surface area (Å²) in [7, 11) is 0. The maximum absolute atomic E-state index is 12.9. The topological polar surface area (TPSA) is 56.4 Å². The van der Waals surface area contributed by atoms with Crippen LogP contribution in [-0.4, -0.2) is 37.6 Å². The van der Waals surface area contributed by atoms with Gasteiger partial charge in [-0.3, -0.25) is 10.2 Å². The van der Waals surface area contributed by atoms with Crippen LogP contribution in [0.2, 0.25) is 5.02 Å². The minimum absolute atomic E-state index is 0. The van der Waals surface area contributed by atoms with Crippen LogP contribution in [0.4, 0.5) is 5.69 Å². The molecule has 0 bridgehead atoms. The van der Waals surface area contributed by atoms with Gasteiger partial charge in [-0.2, -0.15) is 0 Å². The maximum atomic E-state index is 12.9. The van der Waals surface area contributed by atoms with E-state index in [4.69, 9.17) is 11.6 Å². The number of nitrogens with one attached hydrogen (secondary N) is 3. The molecule has 3 atom stereocenters. The zero-order valence-corrected chi connectivity index (χ0v) is 13.7. The summed E-state index contributed by atoms with van der Waals surface area (Å²) >= 11 is 6.23. The van der Waals surface area contributed by atoms with Crippen molar-refractivity contribution >= 4 is 35.6 Å². The summed E-state index contributed by atoms with van der Waals surface area (Å²) in [6.45, 7) is 2.62. The van der Waals surface area contributed by atoms with Crippen molar-refractivity contribution in [3.05, 3.63) is 28.8 Å². The summed E-state index contributed by atoms with van der Waals surface area (Å²) in [5, 5.41) is 4.15. The second-order valence-corrected chi connectivity index (χ2v) is 6.41.